The summed E-state index contributed by atoms with van der Waals surface area (Å²) in [6.07, 6.45) is 16.6. The summed E-state index contributed by atoms with van der Waals surface area (Å²) in [7, 11) is 0. The van der Waals surface area contributed by atoms with Crippen LogP contribution in [0.25, 0.3) is 11.5 Å². The number of hydrogen-bond donors (Lipinski definition) is 0. The van der Waals surface area contributed by atoms with Gasteiger partial charge >= 0.3 is 0 Å². The zero-order valence-electron chi connectivity index (χ0n) is 17.6. The first-order valence-corrected chi connectivity index (χ1v) is 11.4. The van der Waals surface area contributed by atoms with Crippen LogP contribution in [0.5, 0.6) is 0 Å². The first-order chi connectivity index (χ1) is 14.7. The number of carbonyl (C=O) groups is 1. The van der Waals surface area contributed by atoms with Crippen molar-refractivity contribution in [2.45, 2.75) is 69.6 Å². The quantitative estimate of drug-likeness (QED) is 0.651. The van der Waals surface area contributed by atoms with E-state index in [0.717, 1.165) is 56.0 Å². The lowest BCUT2D eigenvalue weighted by atomic mass is 9.74. The van der Waals surface area contributed by atoms with Gasteiger partial charge in [-0.1, -0.05) is 29.6 Å². The van der Waals surface area contributed by atoms with Gasteiger partial charge in [-0.05, 0) is 63.0 Å². The molecule has 1 saturated heterocycles. The fraction of sp³-hybridized carbons (Fsp3) is 0.583. The largest absolute Gasteiger partial charge is 0.341 e. The van der Waals surface area contributed by atoms with E-state index >= 15 is 0 Å². The molecule has 3 aliphatic rings. The van der Waals surface area contributed by atoms with E-state index in [4.69, 9.17) is 9.51 Å². The van der Waals surface area contributed by atoms with Gasteiger partial charge in [-0.3, -0.25) is 9.78 Å². The van der Waals surface area contributed by atoms with Gasteiger partial charge in [-0.2, -0.15) is 4.98 Å². The molecule has 3 heterocycles. The molecule has 0 aromatic carbocycles. The Bertz CT molecular complexity index is 918. The van der Waals surface area contributed by atoms with Gasteiger partial charge in [0, 0.05) is 37.5 Å². The number of allylic oxidation sites excluding steroid dienone is 1. The van der Waals surface area contributed by atoms with Crippen LogP contribution in [0.4, 0.5) is 0 Å². The lowest BCUT2D eigenvalue weighted by Crippen LogP contribution is -2.49. The molecule has 2 aromatic heterocycles. The summed E-state index contributed by atoms with van der Waals surface area (Å²) in [6, 6.07) is 3.78. The van der Waals surface area contributed by atoms with E-state index in [0.29, 0.717) is 18.9 Å². The standard InChI is InChI=1S/C24H30N4O2/c29-21(15-18-5-2-1-3-6-18)28-14-4-11-24(17-28,16-19-7-8-19)23-26-22(30-27-23)20-9-12-25-13-10-20/h5,9-10,12-13,19H,1-4,6-8,11,14-17H2. The van der Waals surface area contributed by atoms with Crippen molar-refractivity contribution in [3.63, 3.8) is 0 Å². The second-order valence-corrected chi connectivity index (χ2v) is 9.29. The number of nitrogens with zero attached hydrogens (tertiary/aromatic N) is 4. The molecule has 6 heteroatoms. The average molecular weight is 407 g/mol. The summed E-state index contributed by atoms with van der Waals surface area (Å²) < 4.78 is 5.65. The molecule has 1 aliphatic heterocycles. The number of carbonyl (C=O) groups excluding carboxylic acids is 1. The monoisotopic (exact) mass is 406 g/mol. The SMILES string of the molecule is O=C(CC1=CCCCC1)N1CCCC(CC2CC2)(c2noc(-c3ccncc3)n2)C1. The number of hydrogen-bond acceptors (Lipinski definition) is 5. The highest BCUT2D eigenvalue weighted by atomic mass is 16.5. The molecule has 1 saturated carbocycles. The van der Waals surface area contributed by atoms with Crippen LogP contribution in [0.3, 0.4) is 0 Å². The molecule has 0 spiro atoms. The van der Waals surface area contributed by atoms with Gasteiger partial charge in [-0.25, -0.2) is 0 Å². The molecule has 0 bridgehead atoms. The van der Waals surface area contributed by atoms with Crippen LogP contribution < -0.4 is 0 Å². The molecule has 5 rings (SSSR count). The van der Waals surface area contributed by atoms with Gasteiger partial charge in [0.15, 0.2) is 5.82 Å². The van der Waals surface area contributed by atoms with Crippen molar-refractivity contribution in [2.75, 3.05) is 13.1 Å². The predicted molar refractivity (Wildman–Crippen MR) is 114 cm³/mol. The smallest absolute Gasteiger partial charge is 0.258 e. The number of aromatic nitrogens is 3. The van der Waals surface area contributed by atoms with Crippen molar-refractivity contribution in [2.24, 2.45) is 5.92 Å². The number of rotatable bonds is 6. The lowest BCUT2D eigenvalue weighted by Gasteiger charge is -2.41. The highest BCUT2D eigenvalue weighted by Gasteiger charge is 2.45. The molecule has 6 nitrogen and oxygen atoms in total. The molecule has 30 heavy (non-hydrogen) atoms. The van der Waals surface area contributed by atoms with E-state index < -0.39 is 0 Å². The second-order valence-electron chi connectivity index (χ2n) is 9.29. The molecule has 2 aromatic rings. The Morgan fingerprint density at radius 3 is 2.83 bits per heavy atom. The summed E-state index contributed by atoms with van der Waals surface area (Å²) >= 11 is 0. The number of piperidine rings is 1. The number of amides is 1. The summed E-state index contributed by atoms with van der Waals surface area (Å²) in [5, 5.41) is 4.42. The molecule has 0 radical (unpaired) electrons. The maximum Gasteiger partial charge on any atom is 0.258 e. The van der Waals surface area contributed by atoms with Crippen LogP contribution in [-0.4, -0.2) is 39.0 Å². The molecule has 158 valence electrons. The Morgan fingerprint density at radius 1 is 1.20 bits per heavy atom. The Labute approximate surface area is 177 Å². The summed E-state index contributed by atoms with van der Waals surface area (Å²) in [6.45, 7) is 1.55. The van der Waals surface area contributed by atoms with Crippen molar-refractivity contribution in [3.05, 3.63) is 42.0 Å². The first-order valence-electron chi connectivity index (χ1n) is 11.4. The van der Waals surface area contributed by atoms with Crippen molar-refractivity contribution < 1.29 is 9.32 Å². The average Bonchev–Trinajstić information content (AvgIpc) is 3.45. The first kappa shape index (κ1) is 19.5. The van der Waals surface area contributed by atoms with Gasteiger partial charge in [0.2, 0.25) is 5.91 Å². The third-order valence-electron chi connectivity index (χ3n) is 6.90. The van der Waals surface area contributed by atoms with Gasteiger partial charge < -0.3 is 9.42 Å². The van der Waals surface area contributed by atoms with E-state index in [9.17, 15) is 4.79 Å². The third kappa shape index (κ3) is 4.18. The molecule has 2 fully saturated rings. The Hall–Kier alpha value is -2.50. The van der Waals surface area contributed by atoms with Gasteiger partial charge in [-0.15, -0.1) is 0 Å². The minimum absolute atomic E-state index is 0.190. The normalized spacial score (nSPS) is 24.5. The number of pyridine rings is 1. The van der Waals surface area contributed by atoms with E-state index in [1.54, 1.807) is 12.4 Å². The summed E-state index contributed by atoms with van der Waals surface area (Å²) in [4.78, 5) is 24.1. The maximum absolute atomic E-state index is 13.1. The fourth-order valence-electron chi connectivity index (χ4n) is 5.08. The zero-order chi connectivity index (χ0) is 20.4. The van der Waals surface area contributed by atoms with E-state index in [2.05, 4.69) is 21.1 Å². The number of likely N-dealkylation sites (tertiary alicyclic amines) is 1. The van der Waals surface area contributed by atoms with Crippen molar-refractivity contribution in [3.8, 4) is 11.5 Å². The Morgan fingerprint density at radius 2 is 2.07 bits per heavy atom. The molecule has 1 atom stereocenters. The van der Waals surface area contributed by atoms with E-state index in [-0.39, 0.29) is 11.3 Å². The van der Waals surface area contributed by atoms with Crippen LogP contribution in [0, 0.1) is 5.92 Å². The third-order valence-corrected chi connectivity index (χ3v) is 6.90. The highest BCUT2D eigenvalue weighted by Crippen LogP contribution is 2.46. The molecule has 2 aliphatic carbocycles. The van der Waals surface area contributed by atoms with Gasteiger partial charge in [0.1, 0.15) is 0 Å². The maximum atomic E-state index is 13.1. The van der Waals surface area contributed by atoms with Gasteiger partial charge in [0.25, 0.3) is 5.89 Å². The van der Waals surface area contributed by atoms with Crippen LogP contribution in [0.15, 0.2) is 40.7 Å². The van der Waals surface area contributed by atoms with Crippen molar-refractivity contribution >= 4 is 5.91 Å². The zero-order valence-corrected chi connectivity index (χ0v) is 17.6. The lowest BCUT2D eigenvalue weighted by molar-refractivity contribution is -0.133. The summed E-state index contributed by atoms with van der Waals surface area (Å²) in [5.74, 6) is 2.30. The highest BCUT2D eigenvalue weighted by molar-refractivity contribution is 5.79. The molecule has 1 amide bonds. The van der Waals surface area contributed by atoms with E-state index in [1.165, 1.54) is 31.3 Å². The minimum atomic E-state index is -0.190. The van der Waals surface area contributed by atoms with Crippen molar-refractivity contribution in [1.29, 1.82) is 0 Å². The molecule has 1 unspecified atom stereocenters. The Kier molecular flexibility index (Phi) is 5.40. The van der Waals surface area contributed by atoms with Gasteiger partial charge in [0.05, 0.1) is 5.41 Å². The van der Waals surface area contributed by atoms with Crippen molar-refractivity contribution in [1.82, 2.24) is 20.0 Å². The van der Waals surface area contributed by atoms with Crippen LogP contribution in [0.2, 0.25) is 0 Å². The van der Waals surface area contributed by atoms with E-state index in [1.807, 2.05) is 12.1 Å². The predicted octanol–water partition coefficient (Wildman–Crippen LogP) is 4.68. The second kappa shape index (κ2) is 8.32. The minimum Gasteiger partial charge on any atom is -0.341 e. The fourth-order valence-corrected chi connectivity index (χ4v) is 5.08. The van der Waals surface area contributed by atoms with Crippen LogP contribution in [-0.2, 0) is 10.2 Å². The molecular weight excluding hydrogens is 376 g/mol. The van der Waals surface area contributed by atoms with Crippen LogP contribution >= 0.6 is 0 Å². The Balaban J connectivity index is 1.37. The molecular formula is C24H30N4O2. The summed E-state index contributed by atoms with van der Waals surface area (Å²) in [5.41, 5.74) is 2.02. The van der Waals surface area contributed by atoms with Crippen LogP contribution in [0.1, 0.15) is 70.0 Å². The topological polar surface area (TPSA) is 72.1 Å². The molecule has 0 N–H and O–H groups in total.